The summed E-state index contributed by atoms with van der Waals surface area (Å²) in [6, 6.07) is 4.93. The van der Waals surface area contributed by atoms with Crippen LogP contribution in [0.3, 0.4) is 0 Å². The van der Waals surface area contributed by atoms with Gasteiger partial charge in [-0.25, -0.2) is 9.97 Å². The smallest absolute Gasteiger partial charge is 0.366 e. The van der Waals surface area contributed by atoms with Gasteiger partial charge in [0, 0.05) is 11.4 Å². The first-order chi connectivity index (χ1) is 11.1. The summed E-state index contributed by atoms with van der Waals surface area (Å²) >= 11 is 0. The molecule has 0 radical (unpaired) electrons. The predicted octanol–water partition coefficient (Wildman–Crippen LogP) is 4.79. The summed E-state index contributed by atoms with van der Waals surface area (Å²) in [6.07, 6.45) is -9.07. The minimum atomic E-state index is -4.78. The van der Waals surface area contributed by atoms with Gasteiger partial charge < -0.3 is 5.32 Å². The Morgan fingerprint density at radius 2 is 1.71 bits per heavy atom. The number of alkyl halides is 6. The van der Waals surface area contributed by atoms with Gasteiger partial charge >= 0.3 is 12.4 Å². The Balaban J connectivity index is 2.00. The standard InChI is InChI=1S/C15H13F6N3/c16-14(17,18)7-11(8-5-6-8)22-12-9-3-1-2-4-10(9)23-13(24-12)15(19,20)21/h1-4,8,11H,5-7H2,(H,22,23,24). The van der Waals surface area contributed by atoms with E-state index < -0.39 is 30.6 Å². The van der Waals surface area contributed by atoms with Gasteiger partial charge in [0.25, 0.3) is 0 Å². The average Bonchev–Trinajstić information content (AvgIpc) is 3.28. The van der Waals surface area contributed by atoms with E-state index in [1.807, 2.05) is 0 Å². The molecular formula is C15H13F6N3. The maximum absolute atomic E-state index is 12.9. The van der Waals surface area contributed by atoms with Crippen molar-refractivity contribution < 1.29 is 26.3 Å². The predicted molar refractivity (Wildman–Crippen MR) is 75.3 cm³/mol. The lowest BCUT2D eigenvalue weighted by atomic mass is 10.1. The fourth-order valence-corrected chi connectivity index (χ4v) is 2.57. The Labute approximate surface area is 133 Å². The topological polar surface area (TPSA) is 37.8 Å². The lowest BCUT2D eigenvalue weighted by molar-refractivity contribution is -0.144. The highest BCUT2D eigenvalue weighted by atomic mass is 19.4. The number of anilines is 1. The van der Waals surface area contributed by atoms with Gasteiger partial charge in [0.2, 0.25) is 5.82 Å². The number of nitrogens with one attached hydrogen (secondary N) is 1. The highest BCUT2D eigenvalue weighted by molar-refractivity contribution is 5.89. The molecule has 1 aliphatic rings. The van der Waals surface area contributed by atoms with Crippen LogP contribution in [0.5, 0.6) is 0 Å². The van der Waals surface area contributed by atoms with Crippen LogP contribution in [-0.4, -0.2) is 22.2 Å². The SMILES string of the molecule is FC(F)(F)CC(Nc1nc(C(F)(F)F)nc2ccccc12)C1CC1. The van der Waals surface area contributed by atoms with Crippen molar-refractivity contribution >= 4 is 16.7 Å². The molecule has 0 amide bonds. The summed E-state index contributed by atoms with van der Waals surface area (Å²) in [4.78, 5) is 6.89. The molecule has 3 rings (SSSR count). The summed E-state index contributed by atoms with van der Waals surface area (Å²) in [5.41, 5.74) is 0.0314. The number of rotatable bonds is 4. The second kappa shape index (κ2) is 5.78. The van der Waals surface area contributed by atoms with Crippen molar-refractivity contribution in [1.82, 2.24) is 9.97 Å². The molecule has 2 aromatic rings. The summed E-state index contributed by atoms with van der Waals surface area (Å²) in [5, 5.41) is 2.84. The van der Waals surface area contributed by atoms with Crippen LogP contribution in [0.25, 0.3) is 10.9 Å². The molecule has 0 aliphatic heterocycles. The third kappa shape index (κ3) is 3.88. The van der Waals surface area contributed by atoms with Gasteiger partial charge in [0.1, 0.15) is 5.82 Å². The Hall–Kier alpha value is -2.06. The lowest BCUT2D eigenvalue weighted by Gasteiger charge is -2.22. The van der Waals surface area contributed by atoms with E-state index in [2.05, 4.69) is 15.3 Å². The van der Waals surface area contributed by atoms with E-state index in [0.717, 1.165) is 0 Å². The quantitative estimate of drug-likeness (QED) is 0.807. The van der Waals surface area contributed by atoms with Crippen LogP contribution in [0.2, 0.25) is 0 Å². The van der Waals surface area contributed by atoms with E-state index in [9.17, 15) is 26.3 Å². The van der Waals surface area contributed by atoms with E-state index >= 15 is 0 Å². The fourth-order valence-electron chi connectivity index (χ4n) is 2.57. The van der Waals surface area contributed by atoms with E-state index in [0.29, 0.717) is 12.8 Å². The van der Waals surface area contributed by atoms with Gasteiger partial charge in [-0.15, -0.1) is 0 Å². The number of hydrogen-bond donors (Lipinski definition) is 1. The van der Waals surface area contributed by atoms with Crippen molar-refractivity contribution in [2.75, 3.05) is 5.32 Å². The van der Waals surface area contributed by atoms with Crippen molar-refractivity contribution in [3.05, 3.63) is 30.1 Å². The molecule has 3 nitrogen and oxygen atoms in total. The number of aromatic nitrogens is 2. The Morgan fingerprint density at radius 3 is 2.29 bits per heavy atom. The number of benzene rings is 1. The zero-order valence-corrected chi connectivity index (χ0v) is 12.2. The number of hydrogen-bond acceptors (Lipinski definition) is 3. The molecule has 1 saturated carbocycles. The van der Waals surface area contributed by atoms with E-state index in [1.54, 1.807) is 6.07 Å². The van der Waals surface area contributed by atoms with Gasteiger partial charge in [0.15, 0.2) is 0 Å². The highest BCUT2D eigenvalue weighted by Crippen LogP contribution is 2.40. The average molecular weight is 349 g/mol. The summed E-state index contributed by atoms with van der Waals surface area (Å²) in [5.74, 6) is -1.80. The first-order valence-electron chi connectivity index (χ1n) is 7.31. The number of fused-ring (bicyclic) bond motifs is 1. The van der Waals surface area contributed by atoms with Crippen LogP contribution in [0, 0.1) is 5.92 Å². The molecule has 0 saturated heterocycles. The molecule has 1 aromatic heterocycles. The summed E-state index contributed by atoms with van der Waals surface area (Å²) in [7, 11) is 0. The molecule has 1 aromatic carbocycles. The molecular weight excluding hydrogens is 336 g/mol. The van der Waals surface area contributed by atoms with Gasteiger partial charge in [-0.3, -0.25) is 0 Å². The van der Waals surface area contributed by atoms with Crippen LogP contribution in [0.4, 0.5) is 32.2 Å². The number of para-hydroxylation sites is 1. The summed E-state index contributed by atoms with van der Waals surface area (Å²) in [6.45, 7) is 0. The Kier molecular flexibility index (Phi) is 4.05. The molecule has 1 atom stereocenters. The molecule has 0 spiro atoms. The van der Waals surface area contributed by atoms with Crippen LogP contribution >= 0.6 is 0 Å². The Bertz CT molecular complexity index is 736. The molecule has 0 bridgehead atoms. The van der Waals surface area contributed by atoms with Gasteiger partial charge in [0.05, 0.1) is 11.9 Å². The molecule has 1 heterocycles. The van der Waals surface area contributed by atoms with Crippen LogP contribution in [0.15, 0.2) is 24.3 Å². The monoisotopic (exact) mass is 349 g/mol. The van der Waals surface area contributed by atoms with Crippen LogP contribution < -0.4 is 5.32 Å². The number of halogens is 6. The second-order valence-electron chi connectivity index (χ2n) is 5.82. The van der Waals surface area contributed by atoms with Gasteiger partial charge in [-0.2, -0.15) is 26.3 Å². The van der Waals surface area contributed by atoms with Gasteiger partial charge in [-0.05, 0) is 30.9 Å². The first kappa shape index (κ1) is 16.8. The van der Waals surface area contributed by atoms with Crippen molar-refractivity contribution in [2.24, 2.45) is 5.92 Å². The molecule has 130 valence electrons. The Morgan fingerprint density at radius 1 is 1.04 bits per heavy atom. The second-order valence-corrected chi connectivity index (χ2v) is 5.82. The van der Waals surface area contributed by atoms with Crippen molar-refractivity contribution in [1.29, 1.82) is 0 Å². The van der Waals surface area contributed by atoms with E-state index in [4.69, 9.17) is 0 Å². The molecule has 24 heavy (non-hydrogen) atoms. The van der Waals surface area contributed by atoms with Crippen molar-refractivity contribution in [2.45, 2.75) is 37.7 Å². The molecule has 1 unspecified atom stereocenters. The van der Waals surface area contributed by atoms with Crippen molar-refractivity contribution in [3.63, 3.8) is 0 Å². The van der Waals surface area contributed by atoms with E-state index in [-0.39, 0.29) is 22.6 Å². The molecule has 1 fully saturated rings. The van der Waals surface area contributed by atoms with Crippen LogP contribution in [-0.2, 0) is 6.18 Å². The van der Waals surface area contributed by atoms with E-state index in [1.165, 1.54) is 18.2 Å². The molecule has 1 aliphatic carbocycles. The zero-order chi connectivity index (χ0) is 17.5. The maximum Gasteiger partial charge on any atom is 0.451 e. The third-order valence-corrected chi connectivity index (χ3v) is 3.82. The van der Waals surface area contributed by atoms with Crippen LogP contribution in [0.1, 0.15) is 25.1 Å². The lowest BCUT2D eigenvalue weighted by Crippen LogP contribution is -2.29. The first-order valence-corrected chi connectivity index (χ1v) is 7.31. The van der Waals surface area contributed by atoms with Gasteiger partial charge in [-0.1, -0.05) is 12.1 Å². The minimum absolute atomic E-state index is 0.0314. The maximum atomic E-state index is 12.9. The highest BCUT2D eigenvalue weighted by Gasteiger charge is 2.41. The third-order valence-electron chi connectivity index (χ3n) is 3.82. The molecule has 1 N–H and O–H groups in total. The molecule has 9 heteroatoms. The largest absolute Gasteiger partial charge is 0.451 e. The summed E-state index contributed by atoms with van der Waals surface area (Å²) < 4.78 is 77.0. The number of nitrogens with zero attached hydrogens (tertiary/aromatic N) is 2. The minimum Gasteiger partial charge on any atom is -0.366 e. The van der Waals surface area contributed by atoms with Crippen molar-refractivity contribution in [3.8, 4) is 0 Å². The zero-order valence-electron chi connectivity index (χ0n) is 12.2. The normalized spacial score (nSPS) is 17.1. The fraction of sp³-hybridized carbons (Fsp3) is 0.467.